The highest BCUT2D eigenvalue weighted by molar-refractivity contribution is 5.80. The number of para-hydroxylation sites is 1. The first-order valence-corrected chi connectivity index (χ1v) is 9.06. The predicted molar refractivity (Wildman–Crippen MR) is 107 cm³/mol. The second-order valence-electron chi connectivity index (χ2n) is 6.51. The van der Waals surface area contributed by atoms with Crippen LogP contribution in [0.3, 0.4) is 0 Å². The molecule has 2 aromatic carbocycles. The fourth-order valence-corrected chi connectivity index (χ4v) is 3.47. The molecule has 0 amide bonds. The lowest BCUT2D eigenvalue weighted by atomic mass is 10.0. The largest absolute Gasteiger partial charge is 0.393 e. The van der Waals surface area contributed by atoms with Gasteiger partial charge in [0.25, 0.3) is 0 Å². The number of aryl methyl sites for hydroxylation is 1. The fraction of sp³-hybridized carbons (Fsp3) is 0.238. The molecule has 5 nitrogen and oxygen atoms in total. The van der Waals surface area contributed by atoms with Crippen molar-refractivity contribution < 1.29 is 0 Å². The van der Waals surface area contributed by atoms with Gasteiger partial charge in [0.15, 0.2) is 11.6 Å². The number of rotatable bonds is 5. The zero-order chi connectivity index (χ0) is 17.8. The quantitative estimate of drug-likeness (QED) is 0.736. The molecular formula is C21H23N5. The Bertz CT molecular complexity index is 879. The summed E-state index contributed by atoms with van der Waals surface area (Å²) >= 11 is 0. The molecule has 0 saturated heterocycles. The minimum absolute atomic E-state index is 0.609. The van der Waals surface area contributed by atoms with Gasteiger partial charge in [-0.15, -0.1) is 0 Å². The average molecular weight is 345 g/mol. The molecule has 0 radical (unpaired) electrons. The van der Waals surface area contributed by atoms with E-state index in [1.165, 1.54) is 16.8 Å². The van der Waals surface area contributed by atoms with Crippen molar-refractivity contribution in [2.45, 2.75) is 19.3 Å². The first-order chi connectivity index (χ1) is 12.8. The molecule has 0 fully saturated rings. The molecule has 3 aromatic rings. The SMILES string of the molecule is Nc1c(NCCc2ccccc2)ncnc1N1CCCc2ccccc21. The van der Waals surface area contributed by atoms with E-state index in [1.807, 2.05) is 6.07 Å². The van der Waals surface area contributed by atoms with Gasteiger partial charge in [0, 0.05) is 18.8 Å². The highest BCUT2D eigenvalue weighted by Crippen LogP contribution is 2.36. The summed E-state index contributed by atoms with van der Waals surface area (Å²) in [5.41, 5.74) is 10.9. The minimum Gasteiger partial charge on any atom is -0.393 e. The molecule has 26 heavy (non-hydrogen) atoms. The molecule has 0 spiro atoms. The molecular weight excluding hydrogens is 322 g/mol. The van der Waals surface area contributed by atoms with Crippen LogP contribution in [0.1, 0.15) is 17.5 Å². The van der Waals surface area contributed by atoms with E-state index in [1.54, 1.807) is 6.33 Å². The Morgan fingerprint density at radius 1 is 1.00 bits per heavy atom. The van der Waals surface area contributed by atoms with Crippen LogP contribution in [0, 0.1) is 0 Å². The number of fused-ring (bicyclic) bond motifs is 1. The van der Waals surface area contributed by atoms with Crippen LogP contribution in [0.15, 0.2) is 60.9 Å². The third kappa shape index (κ3) is 3.33. The second-order valence-corrected chi connectivity index (χ2v) is 6.51. The predicted octanol–water partition coefficient (Wildman–Crippen LogP) is 3.80. The van der Waals surface area contributed by atoms with Crippen LogP contribution in [0.2, 0.25) is 0 Å². The summed E-state index contributed by atoms with van der Waals surface area (Å²) in [6.07, 6.45) is 4.71. The van der Waals surface area contributed by atoms with Crippen molar-refractivity contribution in [2.75, 3.05) is 29.0 Å². The van der Waals surface area contributed by atoms with Crippen molar-refractivity contribution in [3.63, 3.8) is 0 Å². The number of hydrogen-bond donors (Lipinski definition) is 2. The van der Waals surface area contributed by atoms with Gasteiger partial charge in [-0.2, -0.15) is 0 Å². The van der Waals surface area contributed by atoms with E-state index in [0.29, 0.717) is 11.5 Å². The monoisotopic (exact) mass is 345 g/mol. The van der Waals surface area contributed by atoms with Crippen molar-refractivity contribution in [1.29, 1.82) is 0 Å². The standard InChI is InChI=1S/C21H23N5/c22-19-20(23-13-12-16-7-2-1-3-8-16)24-15-25-21(19)26-14-6-10-17-9-4-5-11-18(17)26/h1-5,7-9,11,15H,6,10,12-14,22H2,(H,23,24,25). The maximum atomic E-state index is 6.42. The summed E-state index contributed by atoms with van der Waals surface area (Å²) in [4.78, 5) is 11.0. The van der Waals surface area contributed by atoms with Gasteiger partial charge in [0.2, 0.25) is 0 Å². The Labute approximate surface area is 153 Å². The van der Waals surface area contributed by atoms with Gasteiger partial charge >= 0.3 is 0 Å². The van der Waals surface area contributed by atoms with Crippen LogP contribution < -0.4 is 16.0 Å². The van der Waals surface area contributed by atoms with Crippen LogP contribution in [0.4, 0.5) is 23.0 Å². The van der Waals surface area contributed by atoms with Crippen molar-refractivity contribution >= 4 is 23.0 Å². The summed E-state index contributed by atoms with van der Waals surface area (Å²) in [5, 5.41) is 3.36. The van der Waals surface area contributed by atoms with Gasteiger partial charge in [0.1, 0.15) is 12.0 Å². The Morgan fingerprint density at radius 2 is 1.81 bits per heavy atom. The van der Waals surface area contributed by atoms with E-state index in [4.69, 9.17) is 5.73 Å². The van der Waals surface area contributed by atoms with Gasteiger partial charge in [-0.05, 0) is 36.5 Å². The zero-order valence-electron chi connectivity index (χ0n) is 14.7. The first kappa shape index (κ1) is 16.4. The smallest absolute Gasteiger partial charge is 0.161 e. The number of benzene rings is 2. The number of aromatic nitrogens is 2. The van der Waals surface area contributed by atoms with Crippen LogP contribution in [0.25, 0.3) is 0 Å². The van der Waals surface area contributed by atoms with Crippen LogP contribution in [0.5, 0.6) is 0 Å². The van der Waals surface area contributed by atoms with Crippen LogP contribution in [-0.4, -0.2) is 23.1 Å². The topological polar surface area (TPSA) is 67.1 Å². The van der Waals surface area contributed by atoms with E-state index in [0.717, 1.165) is 38.2 Å². The number of nitrogen functional groups attached to an aromatic ring is 1. The minimum atomic E-state index is 0.609. The Hall–Kier alpha value is -3.08. The number of anilines is 4. The molecule has 0 saturated carbocycles. The molecule has 4 rings (SSSR count). The highest BCUT2D eigenvalue weighted by atomic mass is 15.2. The molecule has 1 aliphatic heterocycles. The van der Waals surface area contributed by atoms with Crippen molar-refractivity contribution in [1.82, 2.24) is 9.97 Å². The van der Waals surface area contributed by atoms with Crippen molar-refractivity contribution in [3.8, 4) is 0 Å². The summed E-state index contributed by atoms with van der Waals surface area (Å²) in [5.74, 6) is 1.49. The van der Waals surface area contributed by atoms with Gasteiger partial charge in [0.05, 0.1) is 0 Å². The zero-order valence-corrected chi connectivity index (χ0v) is 14.7. The van der Waals surface area contributed by atoms with Gasteiger partial charge < -0.3 is 16.0 Å². The number of nitrogens with one attached hydrogen (secondary N) is 1. The lowest BCUT2D eigenvalue weighted by Gasteiger charge is -2.31. The van der Waals surface area contributed by atoms with E-state index in [9.17, 15) is 0 Å². The third-order valence-electron chi connectivity index (χ3n) is 4.78. The second kappa shape index (κ2) is 7.44. The van der Waals surface area contributed by atoms with Crippen molar-refractivity contribution in [3.05, 3.63) is 72.1 Å². The summed E-state index contributed by atoms with van der Waals surface area (Å²) in [6, 6.07) is 18.9. The fourth-order valence-electron chi connectivity index (χ4n) is 3.47. The van der Waals surface area contributed by atoms with Gasteiger partial charge in [-0.1, -0.05) is 48.5 Å². The maximum Gasteiger partial charge on any atom is 0.161 e. The summed E-state index contributed by atoms with van der Waals surface area (Å²) in [6.45, 7) is 1.70. The molecule has 2 heterocycles. The normalized spacial score (nSPS) is 13.3. The molecule has 1 aliphatic rings. The molecule has 132 valence electrons. The summed E-state index contributed by atoms with van der Waals surface area (Å²) in [7, 11) is 0. The number of nitrogens with zero attached hydrogens (tertiary/aromatic N) is 3. The Kier molecular flexibility index (Phi) is 4.69. The third-order valence-corrected chi connectivity index (χ3v) is 4.78. The molecule has 0 unspecified atom stereocenters. The summed E-state index contributed by atoms with van der Waals surface area (Å²) < 4.78 is 0. The molecule has 1 aromatic heterocycles. The van der Waals surface area contributed by atoms with Crippen molar-refractivity contribution in [2.24, 2.45) is 0 Å². The van der Waals surface area contributed by atoms with Gasteiger partial charge in [-0.25, -0.2) is 9.97 Å². The molecule has 0 aliphatic carbocycles. The van der Waals surface area contributed by atoms with Crippen LogP contribution >= 0.6 is 0 Å². The Morgan fingerprint density at radius 3 is 2.69 bits per heavy atom. The van der Waals surface area contributed by atoms with E-state index in [2.05, 4.69) is 68.7 Å². The van der Waals surface area contributed by atoms with Crippen LogP contribution in [-0.2, 0) is 12.8 Å². The number of hydrogen-bond acceptors (Lipinski definition) is 5. The highest BCUT2D eigenvalue weighted by Gasteiger charge is 2.22. The van der Waals surface area contributed by atoms with Gasteiger partial charge in [-0.3, -0.25) is 0 Å². The maximum absolute atomic E-state index is 6.42. The molecule has 3 N–H and O–H groups in total. The average Bonchev–Trinajstić information content (AvgIpc) is 2.70. The van der Waals surface area contributed by atoms with E-state index in [-0.39, 0.29) is 0 Å². The molecule has 0 bridgehead atoms. The van der Waals surface area contributed by atoms with E-state index >= 15 is 0 Å². The Balaban J connectivity index is 1.53. The van der Waals surface area contributed by atoms with E-state index < -0.39 is 0 Å². The number of nitrogens with two attached hydrogens (primary N) is 1. The first-order valence-electron chi connectivity index (χ1n) is 9.06. The lowest BCUT2D eigenvalue weighted by molar-refractivity contribution is 0.759. The lowest BCUT2D eigenvalue weighted by Crippen LogP contribution is -2.26. The molecule has 5 heteroatoms. The molecule has 0 atom stereocenters.